The summed E-state index contributed by atoms with van der Waals surface area (Å²) in [6.07, 6.45) is 2.55. The molecule has 0 radical (unpaired) electrons. The highest BCUT2D eigenvalue weighted by atomic mass is 16.3. The number of hydrogen-bond donors (Lipinski definition) is 2. The van der Waals surface area contributed by atoms with Crippen LogP contribution in [0.5, 0.6) is 0 Å². The molecule has 2 aliphatic rings. The number of nitrogens with one attached hydrogen (secondary N) is 1. The highest BCUT2D eigenvalue weighted by molar-refractivity contribution is 5.78. The lowest BCUT2D eigenvalue weighted by Crippen LogP contribution is -2.37. The van der Waals surface area contributed by atoms with Crippen LogP contribution in [0.15, 0.2) is 24.3 Å². The van der Waals surface area contributed by atoms with E-state index >= 15 is 0 Å². The first-order valence-electron chi connectivity index (χ1n) is 7.00. The second-order valence-electron chi connectivity index (χ2n) is 5.54. The third kappa shape index (κ3) is 2.80. The fraction of sp³-hybridized carbons (Fsp3) is 0.533. The number of aliphatic hydroxyl groups is 1. The van der Waals surface area contributed by atoms with E-state index in [0.29, 0.717) is 13.1 Å². The average molecular weight is 260 g/mol. The number of aliphatic hydroxyl groups excluding tert-OH is 1. The maximum absolute atomic E-state index is 12.0. The molecule has 1 amide bonds. The van der Waals surface area contributed by atoms with Gasteiger partial charge in [0, 0.05) is 13.1 Å². The number of carbonyl (C=O) groups is 1. The van der Waals surface area contributed by atoms with Gasteiger partial charge >= 0.3 is 0 Å². The highest BCUT2D eigenvalue weighted by Gasteiger charge is 2.26. The van der Waals surface area contributed by atoms with Crippen LogP contribution < -0.4 is 5.32 Å². The molecule has 2 N–H and O–H groups in total. The van der Waals surface area contributed by atoms with Gasteiger partial charge in [-0.3, -0.25) is 9.69 Å². The minimum atomic E-state index is -0.264. The van der Waals surface area contributed by atoms with E-state index in [9.17, 15) is 9.90 Å². The molecule has 0 unspecified atom stereocenters. The van der Waals surface area contributed by atoms with Gasteiger partial charge in [0.05, 0.1) is 18.7 Å². The molecule has 3 rings (SSSR count). The van der Waals surface area contributed by atoms with Gasteiger partial charge in [-0.15, -0.1) is 0 Å². The molecule has 0 saturated carbocycles. The summed E-state index contributed by atoms with van der Waals surface area (Å²) in [5.41, 5.74) is 2.61. The summed E-state index contributed by atoms with van der Waals surface area (Å²) in [5, 5.41) is 12.6. The van der Waals surface area contributed by atoms with Crippen LogP contribution in [0, 0.1) is 0 Å². The van der Waals surface area contributed by atoms with Crippen molar-refractivity contribution in [1.82, 2.24) is 10.2 Å². The van der Waals surface area contributed by atoms with E-state index < -0.39 is 0 Å². The summed E-state index contributed by atoms with van der Waals surface area (Å²) in [5.74, 6) is 0.0656. The van der Waals surface area contributed by atoms with Crippen molar-refractivity contribution in [3.63, 3.8) is 0 Å². The normalized spacial score (nSPS) is 26.4. The van der Waals surface area contributed by atoms with E-state index in [0.717, 1.165) is 25.8 Å². The SMILES string of the molecule is O=C(CN1CC[C@@H](O)C1)N[C@@H]1CCc2ccccc21. The quantitative estimate of drug-likeness (QED) is 0.847. The van der Waals surface area contributed by atoms with Crippen LogP contribution in [0.2, 0.25) is 0 Å². The average Bonchev–Trinajstić information content (AvgIpc) is 2.97. The van der Waals surface area contributed by atoms with E-state index in [1.165, 1.54) is 11.1 Å². The largest absolute Gasteiger partial charge is 0.392 e. The number of rotatable bonds is 3. The first-order chi connectivity index (χ1) is 9.22. The second kappa shape index (κ2) is 5.31. The van der Waals surface area contributed by atoms with Gasteiger partial charge in [-0.1, -0.05) is 24.3 Å². The van der Waals surface area contributed by atoms with Gasteiger partial charge in [0.15, 0.2) is 0 Å². The Labute approximate surface area is 113 Å². The van der Waals surface area contributed by atoms with Crippen molar-refractivity contribution in [3.05, 3.63) is 35.4 Å². The molecule has 4 heteroatoms. The van der Waals surface area contributed by atoms with E-state index in [-0.39, 0.29) is 18.1 Å². The minimum Gasteiger partial charge on any atom is -0.392 e. The molecule has 1 aromatic rings. The predicted molar refractivity (Wildman–Crippen MR) is 72.7 cm³/mol. The number of aryl methyl sites for hydroxylation is 1. The Morgan fingerprint density at radius 2 is 2.21 bits per heavy atom. The fourth-order valence-corrected chi connectivity index (χ4v) is 3.11. The Morgan fingerprint density at radius 3 is 3.00 bits per heavy atom. The maximum Gasteiger partial charge on any atom is 0.234 e. The van der Waals surface area contributed by atoms with Crippen molar-refractivity contribution < 1.29 is 9.90 Å². The molecule has 4 nitrogen and oxygen atoms in total. The van der Waals surface area contributed by atoms with Crippen molar-refractivity contribution in [3.8, 4) is 0 Å². The number of β-amino-alcohol motifs (C(OH)–C–C–N with tert-alkyl or cyclic N) is 1. The van der Waals surface area contributed by atoms with Crippen molar-refractivity contribution in [2.75, 3.05) is 19.6 Å². The van der Waals surface area contributed by atoms with Crippen LogP contribution >= 0.6 is 0 Å². The van der Waals surface area contributed by atoms with E-state index in [2.05, 4.69) is 23.5 Å². The fourth-order valence-electron chi connectivity index (χ4n) is 3.11. The molecule has 1 aliphatic heterocycles. The Hall–Kier alpha value is -1.39. The van der Waals surface area contributed by atoms with E-state index in [1.807, 2.05) is 11.0 Å². The van der Waals surface area contributed by atoms with Crippen LogP contribution in [-0.4, -0.2) is 41.7 Å². The standard InChI is InChI=1S/C15H20N2O2/c18-12-7-8-17(9-12)10-15(19)16-14-6-5-11-3-1-2-4-13(11)14/h1-4,12,14,18H,5-10H2,(H,16,19)/t12-,14-/m1/s1. The smallest absolute Gasteiger partial charge is 0.234 e. The number of benzene rings is 1. The molecular weight excluding hydrogens is 240 g/mol. The van der Waals surface area contributed by atoms with Crippen LogP contribution in [0.1, 0.15) is 30.0 Å². The summed E-state index contributed by atoms with van der Waals surface area (Å²) >= 11 is 0. The first-order valence-corrected chi connectivity index (χ1v) is 7.00. The van der Waals surface area contributed by atoms with Crippen molar-refractivity contribution >= 4 is 5.91 Å². The maximum atomic E-state index is 12.0. The van der Waals surface area contributed by atoms with Gasteiger partial charge < -0.3 is 10.4 Å². The third-order valence-electron chi connectivity index (χ3n) is 4.08. The molecule has 0 aromatic heterocycles. The number of amides is 1. The van der Waals surface area contributed by atoms with Gasteiger partial charge in [-0.2, -0.15) is 0 Å². The van der Waals surface area contributed by atoms with Gasteiger partial charge in [0.25, 0.3) is 0 Å². The number of nitrogens with zero attached hydrogens (tertiary/aromatic N) is 1. The molecule has 102 valence electrons. The third-order valence-corrected chi connectivity index (χ3v) is 4.08. The second-order valence-corrected chi connectivity index (χ2v) is 5.54. The summed E-state index contributed by atoms with van der Waals surface area (Å²) in [4.78, 5) is 14.1. The summed E-state index contributed by atoms with van der Waals surface area (Å²) in [6, 6.07) is 8.48. The van der Waals surface area contributed by atoms with Crippen LogP contribution in [0.25, 0.3) is 0 Å². The molecule has 0 bridgehead atoms. The van der Waals surface area contributed by atoms with Crippen molar-refractivity contribution in [2.45, 2.75) is 31.4 Å². The zero-order chi connectivity index (χ0) is 13.2. The molecular formula is C15H20N2O2. The Morgan fingerprint density at radius 1 is 1.37 bits per heavy atom. The van der Waals surface area contributed by atoms with Gasteiger partial charge in [-0.05, 0) is 30.4 Å². The number of fused-ring (bicyclic) bond motifs is 1. The molecule has 1 aromatic carbocycles. The molecule has 1 aliphatic carbocycles. The number of likely N-dealkylation sites (tertiary alicyclic amines) is 1. The molecule has 2 atom stereocenters. The van der Waals surface area contributed by atoms with Crippen LogP contribution in [0.4, 0.5) is 0 Å². The molecule has 1 heterocycles. The molecule has 1 fully saturated rings. The van der Waals surface area contributed by atoms with Crippen molar-refractivity contribution in [1.29, 1.82) is 0 Å². The minimum absolute atomic E-state index is 0.0656. The van der Waals surface area contributed by atoms with Gasteiger partial charge in [-0.25, -0.2) is 0 Å². The van der Waals surface area contributed by atoms with Gasteiger partial charge in [0.2, 0.25) is 5.91 Å². The number of hydrogen-bond acceptors (Lipinski definition) is 3. The van der Waals surface area contributed by atoms with Crippen molar-refractivity contribution in [2.24, 2.45) is 0 Å². The zero-order valence-electron chi connectivity index (χ0n) is 11.0. The lowest BCUT2D eigenvalue weighted by atomic mass is 10.1. The first kappa shape index (κ1) is 12.6. The molecule has 1 saturated heterocycles. The predicted octanol–water partition coefficient (Wildman–Crippen LogP) is 0.857. The Balaban J connectivity index is 1.56. The summed E-state index contributed by atoms with van der Waals surface area (Å²) in [6.45, 7) is 1.83. The summed E-state index contributed by atoms with van der Waals surface area (Å²) in [7, 11) is 0. The van der Waals surface area contributed by atoms with E-state index in [4.69, 9.17) is 0 Å². The number of carbonyl (C=O) groups excluding carboxylic acids is 1. The summed E-state index contributed by atoms with van der Waals surface area (Å²) < 4.78 is 0. The molecule has 19 heavy (non-hydrogen) atoms. The topological polar surface area (TPSA) is 52.6 Å². The Kier molecular flexibility index (Phi) is 3.53. The van der Waals surface area contributed by atoms with E-state index in [1.54, 1.807) is 0 Å². The monoisotopic (exact) mass is 260 g/mol. The van der Waals surface area contributed by atoms with Crippen LogP contribution in [-0.2, 0) is 11.2 Å². The lowest BCUT2D eigenvalue weighted by molar-refractivity contribution is -0.122. The highest BCUT2D eigenvalue weighted by Crippen LogP contribution is 2.30. The van der Waals surface area contributed by atoms with Gasteiger partial charge in [0.1, 0.15) is 0 Å². The zero-order valence-corrected chi connectivity index (χ0v) is 11.0. The van der Waals surface area contributed by atoms with Crippen LogP contribution in [0.3, 0.4) is 0 Å². The Bertz CT molecular complexity index is 475. The lowest BCUT2D eigenvalue weighted by Gasteiger charge is -2.18. The molecule has 0 spiro atoms.